The van der Waals surface area contributed by atoms with Crippen molar-refractivity contribution in [2.24, 2.45) is 0 Å². The van der Waals surface area contributed by atoms with E-state index in [-0.39, 0.29) is 5.48 Å². The maximum Gasteiger partial charge on any atom is 0.394 e. The molecule has 0 spiro atoms. The molecule has 0 radical (unpaired) electrons. The Balaban J connectivity index is 0. The first-order valence-corrected chi connectivity index (χ1v) is 1.81. The molecule has 9 heavy (non-hydrogen) atoms. The fourth-order valence-electron chi connectivity index (χ4n) is 0.191. The molecule has 0 aromatic carbocycles. The molecule has 0 aromatic rings. The van der Waals surface area contributed by atoms with Gasteiger partial charge in [0.25, 0.3) is 0 Å². The summed E-state index contributed by atoms with van der Waals surface area (Å²) in [4.78, 5) is 0. The first kappa shape index (κ1) is 11.4. The molecule has 6 heteroatoms. The summed E-state index contributed by atoms with van der Waals surface area (Å²) >= 11 is 0. The third-order valence-electron chi connectivity index (χ3n) is 0.400. The van der Waals surface area contributed by atoms with Crippen molar-refractivity contribution in [1.29, 1.82) is 0 Å². The summed E-state index contributed by atoms with van der Waals surface area (Å²) in [5, 5.41) is 7.50. The van der Waals surface area contributed by atoms with Gasteiger partial charge in [-0.2, -0.15) is 13.2 Å². The zero-order valence-electron chi connectivity index (χ0n) is 4.24. The molecule has 0 aliphatic heterocycles. The van der Waals surface area contributed by atoms with Crippen molar-refractivity contribution < 1.29 is 28.1 Å². The van der Waals surface area contributed by atoms with Crippen LogP contribution in [0, 0.1) is 0 Å². The number of halogens is 4. The minimum atomic E-state index is -4.60. The molecular formula is C3H6F4O2. The van der Waals surface area contributed by atoms with Crippen LogP contribution in [0.5, 0.6) is 0 Å². The van der Waals surface area contributed by atoms with E-state index in [2.05, 4.69) is 0 Å². The maximum atomic E-state index is 11.0. The van der Waals surface area contributed by atoms with E-state index in [0.717, 1.165) is 0 Å². The van der Waals surface area contributed by atoms with Crippen LogP contribution in [-0.2, 0) is 0 Å². The summed E-state index contributed by atoms with van der Waals surface area (Å²) in [6.45, 7) is 0. The molecule has 3 N–H and O–H groups in total. The summed E-state index contributed by atoms with van der Waals surface area (Å²) in [7, 11) is 0. The highest BCUT2D eigenvalue weighted by Crippen LogP contribution is 2.21. The highest BCUT2D eigenvalue weighted by molar-refractivity contribution is 4.49. The van der Waals surface area contributed by atoms with Gasteiger partial charge in [0.2, 0.25) is 6.36 Å². The Hall–Kier alpha value is -0.360. The number of hydrogen-bond donors (Lipinski definition) is 1. The second kappa shape index (κ2) is 3.62. The van der Waals surface area contributed by atoms with Crippen molar-refractivity contribution in [3.8, 4) is 0 Å². The molecule has 0 heterocycles. The Morgan fingerprint density at radius 2 is 1.67 bits per heavy atom. The third kappa shape index (κ3) is 11.3. The van der Waals surface area contributed by atoms with Gasteiger partial charge in [0.1, 0.15) is 0 Å². The van der Waals surface area contributed by atoms with Crippen molar-refractivity contribution in [2.75, 3.05) is 0 Å². The van der Waals surface area contributed by atoms with E-state index >= 15 is 0 Å². The van der Waals surface area contributed by atoms with Crippen LogP contribution >= 0.6 is 0 Å². The predicted octanol–water partition coefficient (Wildman–Crippen LogP) is 0.402. The van der Waals surface area contributed by atoms with Gasteiger partial charge in [-0.25, -0.2) is 4.39 Å². The standard InChI is InChI=1S/C3H4F4O.H2O/c4-2(8)1-3(5,6)7;/h2,8H,1H2;1H2. The minimum Gasteiger partial charge on any atom is -0.412 e. The monoisotopic (exact) mass is 150 g/mol. The summed E-state index contributed by atoms with van der Waals surface area (Å²) in [6, 6.07) is 0. The molecule has 2 nitrogen and oxygen atoms in total. The molecule has 0 aliphatic rings. The van der Waals surface area contributed by atoms with E-state index in [1.807, 2.05) is 0 Å². The lowest BCUT2D eigenvalue weighted by Gasteiger charge is -2.03. The quantitative estimate of drug-likeness (QED) is 0.540. The lowest BCUT2D eigenvalue weighted by atomic mass is 10.4. The first-order valence-electron chi connectivity index (χ1n) is 1.81. The molecule has 0 saturated carbocycles. The Morgan fingerprint density at radius 1 is 1.33 bits per heavy atom. The lowest BCUT2D eigenvalue weighted by Crippen LogP contribution is -2.14. The van der Waals surface area contributed by atoms with Gasteiger partial charge in [-0.05, 0) is 0 Å². The molecule has 0 amide bonds. The normalized spacial score (nSPS) is 14.3. The number of aliphatic hydroxyl groups excluding tert-OH is 1. The SMILES string of the molecule is O.OC(F)CC(F)(F)F. The number of aliphatic hydroxyl groups is 1. The fourth-order valence-corrected chi connectivity index (χ4v) is 0.191. The van der Waals surface area contributed by atoms with Crippen LogP contribution in [0.3, 0.4) is 0 Å². The molecule has 0 aliphatic carbocycles. The molecule has 0 saturated heterocycles. The van der Waals surface area contributed by atoms with Gasteiger partial charge in [-0.1, -0.05) is 0 Å². The van der Waals surface area contributed by atoms with Crippen LogP contribution in [-0.4, -0.2) is 23.1 Å². The molecule has 1 unspecified atom stereocenters. The summed E-state index contributed by atoms with van der Waals surface area (Å²) < 4.78 is 43.8. The fraction of sp³-hybridized carbons (Fsp3) is 1.00. The summed E-state index contributed by atoms with van der Waals surface area (Å²) in [6.07, 6.45) is -9.17. The van der Waals surface area contributed by atoms with E-state index < -0.39 is 19.0 Å². The minimum absolute atomic E-state index is 0. The van der Waals surface area contributed by atoms with E-state index in [1.165, 1.54) is 0 Å². The average molecular weight is 150 g/mol. The van der Waals surface area contributed by atoms with Crippen molar-refractivity contribution >= 4 is 0 Å². The van der Waals surface area contributed by atoms with Crippen LogP contribution in [0.15, 0.2) is 0 Å². The second-order valence-electron chi connectivity index (χ2n) is 1.25. The van der Waals surface area contributed by atoms with Gasteiger partial charge in [0.05, 0.1) is 6.42 Å². The van der Waals surface area contributed by atoms with Crippen LogP contribution in [0.1, 0.15) is 6.42 Å². The maximum absolute atomic E-state index is 11.0. The highest BCUT2D eigenvalue weighted by Gasteiger charge is 2.30. The highest BCUT2D eigenvalue weighted by atomic mass is 19.4. The van der Waals surface area contributed by atoms with Crippen LogP contribution in [0.25, 0.3) is 0 Å². The molecule has 58 valence electrons. The van der Waals surface area contributed by atoms with E-state index in [1.54, 1.807) is 0 Å². The predicted molar refractivity (Wildman–Crippen MR) is 21.4 cm³/mol. The van der Waals surface area contributed by atoms with Gasteiger partial charge in [-0.3, -0.25) is 0 Å². The molecule has 0 rings (SSSR count). The van der Waals surface area contributed by atoms with E-state index in [9.17, 15) is 17.6 Å². The summed E-state index contributed by atoms with van der Waals surface area (Å²) in [5.74, 6) is 0. The second-order valence-corrected chi connectivity index (χ2v) is 1.25. The molecule has 0 bridgehead atoms. The lowest BCUT2D eigenvalue weighted by molar-refractivity contribution is -0.170. The average Bonchev–Trinajstić information content (AvgIpc) is 1.21. The van der Waals surface area contributed by atoms with Gasteiger partial charge in [0, 0.05) is 0 Å². The Kier molecular flexibility index (Phi) is 4.61. The third-order valence-corrected chi connectivity index (χ3v) is 0.400. The van der Waals surface area contributed by atoms with Crippen LogP contribution in [0.2, 0.25) is 0 Å². The van der Waals surface area contributed by atoms with Gasteiger partial charge >= 0.3 is 6.18 Å². The summed E-state index contributed by atoms with van der Waals surface area (Å²) in [5.41, 5.74) is 0. The van der Waals surface area contributed by atoms with Crippen molar-refractivity contribution in [3.05, 3.63) is 0 Å². The molecule has 1 atom stereocenters. The van der Waals surface area contributed by atoms with Crippen molar-refractivity contribution in [2.45, 2.75) is 19.0 Å². The van der Waals surface area contributed by atoms with Gasteiger partial charge in [0.15, 0.2) is 0 Å². The van der Waals surface area contributed by atoms with Crippen LogP contribution in [0.4, 0.5) is 17.6 Å². The molecular weight excluding hydrogens is 144 g/mol. The van der Waals surface area contributed by atoms with Crippen LogP contribution < -0.4 is 0 Å². The smallest absolute Gasteiger partial charge is 0.394 e. The van der Waals surface area contributed by atoms with E-state index in [0.29, 0.717) is 0 Å². The Morgan fingerprint density at radius 3 is 1.67 bits per heavy atom. The number of rotatable bonds is 1. The topological polar surface area (TPSA) is 51.7 Å². The van der Waals surface area contributed by atoms with Crippen molar-refractivity contribution in [3.63, 3.8) is 0 Å². The Bertz CT molecular complexity index is 68.7. The zero-order chi connectivity index (χ0) is 6.78. The zero-order valence-corrected chi connectivity index (χ0v) is 4.24. The number of alkyl halides is 4. The first-order chi connectivity index (χ1) is 3.42. The molecule has 0 fully saturated rings. The van der Waals surface area contributed by atoms with E-state index in [4.69, 9.17) is 5.11 Å². The molecule has 0 aromatic heterocycles. The Labute approximate surface area is 48.4 Å². The van der Waals surface area contributed by atoms with Gasteiger partial charge in [-0.15, -0.1) is 0 Å². The van der Waals surface area contributed by atoms with Crippen molar-refractivity contribution in [1.82, 2.24) is 0 Å². The van der Waals surface area contributed by atoms with Gasteiger partial charge < -0.3 is 10.6 Å². The number of hydrogen-bond acceptors (Lipinski definition) is 1. The largest absolute Gasteiger partial charge is 0.412 e.